The number of hydrogen-bond acceptors (Lipinski definition) is 5. The van der Waals surface area contributed by atoms with Crippen molar-refractivity contribution in [1.82, 2.24) is 19.8 Å². The summed E-state index contributed by atoms with van der Waals surface area (Å²) in [5, 5.41) is 4.98. The zero-order valence-corrected chi connectivity index (χ0v) is 14.9. The molecule has 7 heteroatoms. The standard InChI is InChI=1S/C18H22N4O2S/c23-17-9-14(10-19-18(24)13-4-5-13)20-16-12-21(6-2-7-22(16)17)11-15-3-1-8-25-15/h1,3,8-9,13H,2,4-7,10-12H2,(H,19,24). The summed E-state index contributed by atoms with van der Waals surface area (Å²) < 4.78 is 1.78. The lowest BCUT2D eigenvalue weighted by Gasteiger charge is -2.19. The fourth-order valence-electron chi connectivity index (χ4n) is 3.21. The average molecular weight is 358 g/mol. The molecule has 1 aliphatic carbocycles. The highest BCUT2D eigenvalue weighted by Gasteiger charge is 2.29. The Hall–Kier alpha value is -1.99. The Kier molecular flexibility index (Phi) is 4.67. The zero-order valence-electron chi connectivity index (χ0n) is 14.1. The molecule has 2 aromatic rings. The van der Waals surface area contributed by atoms with Crippen LogP contribution in [0, 0.1) is 5.92 Å². The Morgan fingerprint density at radius 1 is 1.36 bits per heavy atom. The van der Waals surface area contributed by atoms with Crippen molar-refractivity contribution in [1.29, 1.82) is 0 Å². The minimum Gasteiger partial charge on any atom is -0.350 e. The minimum atomic E-state index is -0.0151. The zero-order chi connectivity index (χ0) is 17.2. The van der Waals surface area contributed by atoms with Gasteiger partial charge in [-0.1, -0.05) is 6.07 Å². The first-order valence-electron chi connectivity index (χ1n) is 8.81. The molecule has 1 aliphatic heterocycles. The molecule has 1 N–H and O–H groups in total. The third-order valence-electron chi connectivity index (χ3n) is 4.71. The van der Waals surface area contributed by atoms with Crippen LogP contribution in [0.1, 0.15) is 35.7 Å². The van der Waals surface area contributed by atoms with Crippen LogP contribution in [0.3, 0.4) is 0 Å². The normalized spacial score (nSPS) is 17.8. The molecule has 0 radical (unpaired) electrons. The van der Waals surface area contributed by atoms with Gasteiger partial charge in [0.2, 0.25) is 5.91 Å². The molecule has 0 saturated heterocycles. The third kappa shape index (κ3) is 3.99. The van der Waals surface area contributed by atoms with E-state index in [4.69, 9.17) is 0 Å². The predicted octanol–water partition coefficient (Wildman–Crippen LogP) is 1.74. The topological polar surface area (TPSA) is 67.2 Å². The van der Waals surface area contributed by atoms with Crippen LogP contribution in [0.2, 0.25) is 0 Å². The monoisotopic (exact) mass is 358 g/mol. The molecule has 6 nitrogen and oxygen atoms in total. The van der Waals surface area contributed by atoms with E-state index in [9.17, 15) is 9.59 Å². The molecule has 1 fully saturated rings. The molecule has 25 heavy (non-hydrogen) atoms. The number of carbonyl (C=O) groups is 1. The highest BCUT2D eigenvalue weighted by molar-refractivity contribution is 7.09. The second kappa shape index (κ2) is 7.09. The van der Waals surface area contributed by atoms with E-state index in [1.807, 2.05) is 0 Å². The third-order valence-corrected chi connectivity index (χ3v) is 5.57. The molecule has 132 valence electrons. The van der Waals surface area contributed by atoms with Gasteiger partial charge in [-0.3, -0.25) is 19.1 Å². The Balaban J connectivity index is 1.49. The van der Waals surface area contributed by atoms with Crippen molar-refractivity contribution >= 4 is 17.2 Å². The Morgan fingerprint density at radius 3 is 3.00 bits per heavy atom. The van der Waals surface area contributed by atoms with Crippen LogP contribution >= 0.6 is 11.3 Å². The van der Waals surface area contributed by atoms with Gasteiger partial charge in [0.1, 0.15) is 5.82 Å². The van der Waals surface area contributed by atoms with Crippen molar-refractivity contribution in [2.75, 3.05) is 6.54 Å². The molecular formula is C18H22N4O2S. The molecule has 0 unspecified atom stereocenters. The Morgan fingerprint density at radius 2 is 2.24 bits per heavy atom. The van der Waals surface area contributed by atoms with Crippen LogP contribution in [-0.4, -0.2) is 26.9 Å². The molecule has 0 aromatic carbocycles. The molecule has 4 rings (SSSR count). The van der Waals surface area contributed by atoms with Gasteiger partial charge < -0.3 is 5.32 Å². The van der Waals surface area contributed by atoms with E-state index in [0.717, 1.165) is 38.2 Å². The fourth-order valence-corrected chi connectivity index (χ4v) is 3.96. The van der Waals surface area contributed by atoms with Gasteiger partial charge in [-0.05, 0) is 30.7 Å². The van der Waals surface area contributed by atoms with Crippen molar-refractivity contribution in [3.05, 3.63) is 50.3 Å². The van der Waals surface area contributed by atoms with Gasteiger partial charge in [-0.2, -0.15) is 0 Å². The first kappa shape index (κ1) is 16.5. The molecular weight excluding hydrogens is 336 g/mol. The number of rotatable bonds is 5. The van der Waals surface area contributed by atoms with Gasteiger partial charge in [-0.15, -0.1) is 11.3 Å². The fraction of sp³-hybridized carbons (Fsp3) is 0.500. The van der Waals surface area contributed by atoms with Gasteiger partial charge in [0.15, 0.2) is 0 Å². The van der Waals surface area contributed by atoms with E-state index < -0.39 is 0 Å². The molecule has 1 amide bonds. The molecule has 2 aromatic heterocycles. The number of fused-ring (bicyclic) bond motifs is 1. The number of aromatic nitrogens is 2. The van der Waals surface area contributed by atoms with Crippen LogP contribution in [0.5, 0.6) is 0 Å². The molecule has 2 aliphatic rings. The lowest BCUT2D eigenvalue weighted by atomic mass is 10.3. The van der Waals surface area contributed by atoms with Crippen LogP contribution in [-0.2, 0) is 31.0 Å². The molecule has 1 saturated carbocycles. The van der Waals surface area contributed by atoms with Crippen molar-refractivity contribution in [3.8, 4) is 0 Å². The highest BCUT2D eigenvalue weighted by atomic mass is 32.1. The summed E-state index contributed by atoms with van der Waals surface area (Å²) in [5.41, 5.74) is 0.641. The predicted molar refractivity (Wildman–Crippen MR) is 96.1 cm³/mol. The number of nitrogens with one attached hydrogen (secondary N) is 1. The number of hydrogen-bond donors (Lipinski definition) is 1. The number of nitrogens with zero attached hydrogens (tertiary/aromatic N) is 3. The lowest BCUT2D eigenvalue weighted by Crippen LogP contribution is -2.30. The van der Waals surface area contributed by atoms with Gasteiger partial charge in [0.05, 0.1) is 18.8 Å². The van der Waals surface area contributed by atoms with E-state index >= 15 is 0 Å². The molecule has 0 bridgehead atoms. The van der Waals surface area contributed by atoms with E-state index in [1.165, 1.54) is 4.88 Å². The van der Waals surface area contributed by atoms with E-state index in [-0.39, 0.29) is 17.4 Å². The number of carbonyl (C=O) groups excluding carboxylic acids is 1. The second-order valence-corrected chi connectivity index (χ2v) is 7.82. The maximum atomic E-state index is 12.4. The summed E-state index contributed by atoms with van der Waals surface area (Å²) in [5.74, 6) is 1.05. The number of amides is 1. The van der Waals surface area contributed by atoms with Gasteiger partial charge in [-0.25, -0.2) is 4.98 Å². The first-order chi connectivity index (χ1) is 12.2. The van der Waals surface area contributed by atoms with Gasteiger partial charge in [0, 0.05) is 36.5 Å². The maximum Gasteiger partial charge on any atom is 0.253 e. The summed E-state index contributed by atoms with van der Waals surface area (Å²) in [6.07, 6.45) is 2.89. The van der Waals surface area contributed by atoms with Crippen molar-refractivity contribution in [3.63, 3.8) is 0 Å². The highest BCUT2D eigenvalue weighted by Crippen LogP contribution is 2.28. The van der Waals surface area contributed by atoms with E-state index in [0.29, 0.717) is 25.3 Å². The Labute approximate surface area is 150 Å². The second-order valence-electron chi connectivity index (χ2n) is 6.79. The summed E-state index contributed by atoms with van der Waals surface area (Å²) in [6.45, 7) is 3.54. The molecule has 0 atom stereocenters. The van der Waals surface area contributed by atoms with Gasteiger partial charge >= 0.3 is 0 Å². The van der Waals surface area contributed by atoms with Crippen molar-refractivity contribution in [2.45, 2.75) is 45.4 Å². The van der Waals surface area contributed by atoms with Crippen LogP contribution in [0.4, 0.5) is 0 Å². The first-order valence-corrected chi connectivity index (χ1v) is 9.69. The van der Waals surface area contributed by atoms with Crippen LogP contribution < -0.4 is 10.9 Å². The van der Waals surface area contributed by atoms with Crippen molar-refractivity contribution < 1.29 is 4.79 Å². The average Bonchev–Trinajstić information content (AvgIpc) is 3.35. The maximum absolute atomic E-state index is 12.4. The molecule has 0 spiro atoms. The smallest absolute Gasteiger partial charge is 0.253 e. The summed E-state index contributed by atoms with van der Waals surface area (Å²) in [6, 6.07) is 5.76. The minimum absolute atomic E-state index is 0.0151. The lowest BCUT2D eigenvalue weighted by molar-refractivity contribution is -0.122. The van der Waals surface area contributed by atoms with Crippen molar-refractivity contribution in [2.24, 2.45) is 5.92 Å². The van der Waals surface area contributed by atoms with E-state index in [1.54, 1.807) is 22.0 Å². The number of thiophene rings is 1. The van der Waals surface area contributed by atoms with E-state index in [2.05, 4.69) is 32.7 Å². The largest absolute Gasteiger partial charge is 0.350 e. The quantitative estimate of drug-likeness (QED) is 0.884. The summed E-state index contributed by atoms with van der Waals surface area (Å²) in [4.78, 5) is 32.6. The Bertz CT molecular complexity index is 811. The summed E-state index contributed by atoms with van der Waals surface area (Å²) in [7, 11) is 0. The van der Waals surface area contributed by atoms with Crippen LogP contribution in [0.25, 0.3) is 0 Å². The van der Waals surface area contributed by atoms with Crippen LogP contribution in [0.15, 0.2) is 28.4 Å². The summed E-state index contributed by atoms with van der Waals surface area (Å²) >= 11 is 1.75. The SMILES string of the molecule is O=C(NCc1cc(=O)n2c(n1)CN(Cc1cccs1)CCC2)C1CC1. The molecule has 3 heterocycles. The van der Waals surface area contributed by atoms with Gasteiger partial charge in [0.25, 0.3) is 5.56 Å².